The number of carbonyl (C=O) groups is 18. The van der Waals surface area contributed by atoms with E-state index in [4.69, 9.17) is 22.6 Å². The molecule has 17 amide bonds. The first-order chi connectivity index (χ1) is 66.3. The number of hydrogen-bond donors (Lipinski definition) is 19. The van der Waals surface area contributed by atoms with Crippen LogP contribution in [0.5, 0.6) is 5.75 Å². The number of aromatic hydroxyl groups is 1. The first kappa shape index (κ1) is 109. The summed E-state index contributed by atoms with van der Waals surface area (Å²) in [6.07, 6.45) is 3.31. The number of guanidine groups is 1. The number of nitrogens with two attached hydrogens (primary N) is 3. The minimum Gasteiger partial charge on any atom is -0.508 e. The number of aromatic nitrogens is 1. The number of H-pyrrole nitrogens is 1. The van der Waals surface area contributed by atoms with Crippen LogP contribution >= 0.6 is 23.1 Å². The third-order valence-electron chi connectivity index (χ3n) is 24.8. The van der Waals surface area contributed by atoms with Crippen molar-refractivity contribution in [3.8, 4) is 5.75 Å². The molecule has 9 rings (SSSR count). The molecule has 3 aromatic carbocycles. The summed E-state index contributed by atoms with van der Waals surface area (Å²) in [5.41, 5.74) is 19.5. The lowest BCUT2D eigenvalue weighted by Gasteiger charge is -2.36. The highest BCUT2D eigenvalue weighted by Gasteiger charge is 2.46. The molecular formula is C94H130N22O21S2. The van der Waals surface area contributed by atoms with Gasteiger partial charge in [-0.15, -0.1) is 23.1 Å². The summed E-state index contributed by atoms with van der Waals surface area (Å²) >= 11 is 2.07. The Morgan fingerprint density at radius 1 is 0.547 bits per heavy atom. The molecule has 45 heteroatoms. The van der Waals surface area contributed by atoms with Crippen LogP contribution in [0.4, 0.5) is 0 Å². The van der Waals surface area contributed by atoms with Gasteiger partial charge in [0.05, 0.1) is 25.3 Å². The summed E-state index contributed by atoms with van der Waals surface area (Å²) in [7, 11) is 3.81. The van der Waals surface area contributed by atoms with Crippen molar-refractivity contribution in [1.29, 1.82) is 5.41 Å². The van der Waals surface area contributed by atoms with Crippen molar-refractivity contribution in [3.63, 3.8) is 0 Å². The number of amides is 17. The molecule has 5 aromatic rings. The number of carboxylic acid groups (broad SMARTS) is 1. The number of benzene rings is 3. The molecule has 3 saturated heterocycles. The number of carbonyl (C=O) groups excluding carboxylic acids is 17. The quantitative estimate of drug-likeness (QED) is 0.0162. The SMILES string of the molecule is CCCC[C@H]1C(=O)N(C)[C@@H](CCCC)C(=O)N[C@@H](CCCNC(=N)N)C(=O)N[C@H](C(=O)NCC(N)=O)CSCC(=O)N[C@@H](Cc2ccc(O)cc2)C(=O)N(C)[C@@H](CCC(=O)O)C(=O)N[C@@H](CC(N)=O)C(=O)N2CCC[C@H]2C(=O)N[C@@H](CC2=CN=CC2)C(=O)N[C@@H](CC(C)C)C(=O)N2CCC[C@H]2C(=O)N[C@@H](Cc2c[nH]c3ccccc23)C(=O)N[C@@H](CO)C(=O)N[C@@H](Cc2csc3ccccc23)C(=O)N1C. The van der Waals surface area contributed by atoms with E-state index in [2.05, 4.69) is 68.5 Å². The van der Waals surface area contributed by atoms with Gasteiger partial charge in [-0.2, -0.15) is 0 Å². The maximum absolute atomic E-state index is 15.8. The zero-order valence-corrected chi connectivity index (χ0v) is 80.8. The molecule has 14 atom stereocenters. The molecular weight excluding hydrogens is 1840 g/mol. The largest absolute Gasteiger partial charge is 0.508 e. The van der Waals surface area contributed by atoms with Gasteiger partial charge in [-0.1, -0.05) is 102 Å². The number of fused-ring (bicyclic) bond motifs is 4. The minimum atomic E-state index is -1.91. The van der Waals surface area contributed by atoms with Crippen molar-refractivity contribution in [2.75, 3.05) is 65.4 Å². The molecule has 0 bridgehead atoms. The Balaban J connectivity index is 1.11. The molecule has 2 aromatic heterocycles. The van der Waals surface area contributed by atoms with Gasteiger partial charge >= 0.3 is 5.97 Å². The van der Waals surface area contributed by atoms with Crippen molar-refractivity contribution in [3.05, 3.63) is 113 Å². The normalized spacial score (nSPS) is 24.2. The molecule has 3 fully saturated rings. The molecule has 4 aliphatic heterocycles. The first-order valence-electron chi connectivity index (χ1n) is 46.7. The Morgan fingerprint density at radius 2 is 1.08 bits per heavy atom. The lowest BCUT2D eigenvalue weighted by Crippen LogP contribution is -2.61. The van der Waals surface area contributed by atoms with Crippen LogP contribution in [0.2, 0.25) is 0 Å². The Bertz CT molecular complexity index is 5340. The molecule has 4 aliphatic rings. The molecule has 43 nitrogen and oxygen atoms in total. The lowest BCUT2D eigenvalue weighted by atomic mass is 9.99. The van der Waals surface area contributed by atoms with Gasteiger partial charge in [-0.3, -0.25) is 96.7 Å². The third-order valence-corrected chi connectivity index (χ3v) is 26.9. The first-order valence-corrected chi connectivity index (χ1v) is 48.8. The summed E-state index contributed by atoms with van der Waals surface area (Å²) < 4.78 is 0.818. The fourth-order valence-electron chi connectivity index (χ4n) is 17.4. The maximum atomic E-state index is 15.8. The Kier molecular flexibility index (Phi) is 41.4. The highest BCUT2D eigenvalue weighted by Crippen LogP contribution is 2.31. The number of thioether (sulfide) groups is 1. The van der Waals surface area contributed by atoms with E-state index in [9.17, 15) is 44.1 Å². The molecule has 0 saturated carbocycles. The van der Waals surface area contributed by atoms with Gasteiger partial charge in [-0.05, 0) is 134 Å². The predicted octanol–water partition coefficient (Wildman–Crippen LogP) is -0.539. The number of phenolic OH excluding ortho intramolecular Hbond substituents is 1. The van der Waals surface area contributed by atoms with Crippen LogP contribution in [0.3, 0.4) is 0 Å². The van der Waals surface area contributed by atoms with Gasteiger partial charge in [-0.25, -0.2) is 0 Å². The van der Waals surface area contributed by atoms with E-state index in [0.717, 1.165) is 31.3 Å². The standard InChI is InChI=1S/C94H130N22O21S2/c1-8-10-23-70-85(129)104-61(22-16-35-100-94(97)98)81(125)111-69(80(124)102-47-77(96)120)50-138-51-78(121)103-65(40-53-28-30-57(118)31-29-53)89(133)112(5)71(32-33-79(122)123)86(130)109-67(44-76(95)119)92(136)116-38-18-25-72(116)87(131)105-62(41-54-34-36-99-45-54)82(126)107-64(39-52(3)4)91(135)115-37-17-26-73(115)88(132)106-63(42-55-46-101-60-21-14-12-19-58(55)60)83(127)110-68(48-117)84(128)108-66(43-56-49-139-75-27-15-13-20-59(56)75)90(134)114(7)74(24-11-9-2)93(137)113(70)6/h12-15,19-21,27-31,36,45-46,49,52,61-74,101,117-118H,8-11,16-18,22-26,32-35,37-44,47-48,50-51H2,1-7H3,(H2,95,119)(H2,96,120)(H,102,124)(H,103,121)(H,104,129)(H,105,131)(H,106,132)(H,107,126)(H,108,128)(H,109,130)(H,110,127)(H,111,125)(H,122,123)(H4,97,98,100)/t61-,62-,63-,64-,65-,66-,67-,68-,69-,70-,71-,72-,73-,74-/m0/s1. The predicted molar refractivity (Wildman–Crippen MR) is 517 cm³/mol. The van der Waals surface area contributed by atoms with Crippen LogP contribution in [0.25, 0.3) is 21.0 Å². The summed E-state index contributed by atoms with van der Waals surface area (Å²) in [4.78, 5) is 278. The Morgan fingerprint density at radius 3 is 1.68 bits per heavy atom. The monoisotopic (exact) mass is 1970 g/mol. The number of phenols is 1. The maximum Gasteiger partial charge on any atom is 0.303 e. The number of aliphatic carboxylic acids is 1. The third kappa shape index (κ3) is 31.2. The molecule has 0 aliphatic carbocycles. The highest BCUT2D eigenvalue weighted by atomic mass is 32.2. The number of thiophene rings is 1. The molecule has 0 radical (unpaired) electrons. The van der Waals surface area contributed by atoms with Gasteiger partial charge in [0, 0.05) is 113 Å². The molecule has 139 heavy (non-hydrogen) atoms. The smallest absolute Gasteiger partial charge is 0.303 e. The number of aliphatic imine (C=N–C) groups is 1. The lowest BCUT2D eigenvalue weighted by molar-refractivity contribution is -0.149. The molecule has 0 spiro atoms. The van der Waals surface area contributed by atoms with Crippen LogP contribution < -0.4 is 75.7 Å². The van der Waals surface area contributed by atoms with Crippen molar-refractivity contribution < 1.29 is 102 Å². The number of primary amides is 2. The second kappa shape index (κ2) is 52.8. The molecule has 754 valence electrons. The Hall–Kier alpha value is -13.6. The van der Waals surface area contributed by atoms with Crippen LogP contribution in [0, 0.1) is 11.3 Å². The fraction of sp³-hybridized carbons (Fsp3) is 0.532. The van der Waals surface area contributed by atoms with Crippen molar-refractivity contribution in [2.45, 2.75) is 247 Å². The molecule has 0 unspecified atom stereocenters. The van der Waals surface area contributed by atoms with Crippen LogP contribution in [0.15, 0.2) is 101 Å². The van der Waals surface area contributed by atoms with E-state index in [1.54, 1.807) is 62.0 Å². The van der Waals surface area contributed by atoms with Gasteiger partial charge in [0.1, 0.15) is 90.3 Å². The number of likely N-dealkylation sites (N-methyl/N-ethyl adjacent to an activating group) is 3. The van der Waals surface area contributed by atoms with E-state index in [1.165, 1.54) is 60.8 Å². The van der Waals surface area contributed by atoms with E-state index < -0.39 is 241 Å². The van der Waals surface area contributed by atoms with Crippen LogP contribution in [-0.4, -0.2) is 313 Å². The number of aliphatic hydroxyl groups is 1. The number of carboxylic acids is 1. The van der Waals surface area contributed by atoms with Gasteiger partial charge in [0.25, 0.3) is 0 Å². The summed E-state index contributed by atoms with van der Waals surface area (Å²) in [6.45, 7) is 5.21. The summed E-state index contributed by atoms with van der Waals surface area (Å²) in [5.74, 6) is -19.7. The topological polar surface area (TPSA) is 647 Å². The summed E-state index contributed by atoms with van der Waals surface area (Å²) in [5, 5.41) is 71.9. The van der Waals surface area contributed by atoms with Gasteiger partial charge in [0.2, 0.25) is 100 Å². The van der Waals surface area contributed by atoms with Crippen molar-refractivity contribution in [2.24, 2.45) is 28.1 Å². The number of nitrogens with one attached hydrogen (secondary N) is 13. The summed E-state index contributed by atoms with van der Waals surface area (Å²) in [6, 6.07) is -2.21. The van der Waals surface area contributed by atoms with Gasteiger partial charge < -0.3 is 120 Å². The van der Waals surface area contributed by atoms with Crippen molar-refractivity contribution in [1.82, 2.24) is 88.0 Å². The Labute approximate surface area is 812 Å². The molecule has 22 N–H and O–H groups in total. The number of nitrogens with zero attached hydrogens (tertiary/aromatic N) is 6. The van der Waals surface area contributed by atoms with Crippen LogP contribution in [0.1, 0.15) is 160 Å². The number of rotatable bonds is 29. The zero-order valence-electron chi connectivity index (χ0n) is 79.1. The number of unbranched alkanes of at least 4 members (excludes halogenated alkanes) is 2. The average molecular weight is 1970 g/mol. The number of aromatic amines is 1. The minimum absolute atomic E-state index is 0.00465. The highest BCUT2D eigenvalue weighted by molar-refractivity contribution is 8.00. The van der Waals surface area contributed by atoms with E-state index in [1.807, 2.05) is 32.0 Å². The second-order valence-electron chi connectivity index (χ2n) is 35.7. The zero-order chi connectivity index (χ0) is 101. The number of hydrogen-bond acceptors (Lipinski definition) is 24. The fourth-order valence-corrected chi connectivity index (χ4v) is 19.2. The van der Waals surface area contributed by atoms with Crippen molar-refractivity contribution >= 4 is 163 Å². The number of aliphatic hydroxyl groups excluding tert-OH is 1. The van der Waals surface area contributed by atoms with E-state index in [0.29, 0.717) is 76.0 Å². The average Bonchev–Trinajstić information content (AvgIpc) is 1.69. The van der Waals surface area contributed by atoms with E-state index >= 15 is 57.5 Å². The second-order valence-corrected chi connectivity index (χ2v) is 37.6. The van der Waals surface area contributed by atoms with Gasteiger partial charge in [0.15, 0.2) is 5.96 Å². The molecule has 6 heterocycles. The van der Waals surface area contributed by atoms with Crippen LogP contribution in [-0.2, 0) is 106 Å². The number of para-hydroxylation sites is 1. The van der Waals surface area contributed by atoms with E-state index in [-0.39, 0.29) is 121 Å².